The molecule has 1 aromatic heterocycles. The standard InChI is InChI=1S/C19H29F3N5O6P/c1-11(2)27(12(3)4)34(30-9-5-7-23)31-10-13-15(24)16(33-19(20,21)22)17(32-13)26-8-6-14(28)25-18(26)29/h6,8,11-13,15-17H,5,9-10,24H2,1-4H3,(H,25,28,29)/t13-,15-,16-,17-,34?/m1/s1. The summed E-state index contributed by atoms with van der Waals surface area (Å²) >= 11 is 0. The van der Waals surface area contributed by atoms with Gasteiger partial charge in [-0.2, -0.15) is 5.26 Å². The lowest BCUT2D eigenvalue weighted by Gasteiger charge is -2.36. The van der Waals surface area contributed by atoms with Gasteiger partial charge in [-0.05, 0) is 27.7 Å². The second-order valence-corrected chi connectivity index (χ2v) is 9.48. The maximum atomic E-state index is 13.1. The van der Waals surface area contributed by atoms with Gasteiger partial charge in [-0.25, -0.2) is 9.46 Å². The van der Waals surface area contributed by atoms with Gasteiger partial charge in [-0.3, -0.25) is 19.1 Å². The van der Waals surface area contributed by atoms with Gasteiger partial charge in [-0.1, -0.05) is 0 Å². The Hall–Kier alpha value is -1.85. The summed E-state index contributed by atoms with van der Waals surface area (Å²) in [4.78, 5) is 25.5. The Kier molecular flexibility index (Phi) is 10.2. The van der Waals surface area contributed by atoms with Crippen LogP contribution in [0.5, 0.6) is 0 Å². The molecule has 2 rings (SSSR count). The van der Waals surface area contributed by atoms with Crippen LogP contribution in [0.4, 0.5) is 13.2 Å². The smallest absolute Gasteiger partial charge is 0.348 e. The number of alkyl halides is 3. The van der Waals surface area contributed by atoms with Gasteiger partial charge in [0.05, 0.1) is 31.7 Å². The Morgan fingerprint density at radius 1 is 1.29 bits per heavy atom. The van der Waals surface area contributed by atoms with Gasteiger partial charge in [0, 0.05) is 24.3 Å². The Labute approximate surface area is 195 Å². The molecule has 0 amide bonds. The quantitative estimate of drug-likeness (QED) is 0.336. The summed E-state index contributed by atoms with van der Waals surface area (Å²) in [5.41, 5.74) is 4.33. The average Bonchev–Trinajstić information content (AvgIpc) is 2.99. The molecule has 0 spiro atoms. The van der Waals surface area contributed by atoms with E-state index in [2.05, 4.69) is 4.74 Å². The summed E-state index contributed by atoms with van der Waals surface area (Å²) in [5, 5.41) is 8.80. The predicted molar refractivity (Wildman–Crippen MR) is 115 cm³/mol. The maximum Gasteiger partial charge on any atom is 0.522 e. The molecular formula is C19H29F3N5O6P. The fraction of sp³-hybridized carbons (Fsp3) is 0.737. The largest absolute Gasteiger partial charge is 0.522 e. The first kappa shape index (κ1) is 28.4. The first-order chi connectivity index (χ1) is 15.9. The second kappa shape index (κ2) is 12.2. The van der Waals surface area contributed by atoms with Gasteiger partial charge in [0.25, 0.3) is 14.1 Å². The van der Waals surface area contributed by atoms with Crippen molar-refractivity contribution in [3.8, 4) is 6.07 Å². The number of halogens is 3. The van der Waals surface area contributed by atoms with E-state index in [0.29, 0.717) is 0 Å². The number of nitrogens with zero attached hydrogens (tertiary/aromatic N) is 3. The lowest BCUT2D eigenvalue weighted by molar-refractivity contribution is -0.351. The molecule has 5 atom stereocenters. The number of aromatic amines is 1. The minimum atomic E-state index is -5.05. The van der Waals surface area contributed by atoms with Crippen molar-refractivity contribution < 1.29 is 31.7 Å². The highest BCUT2D eigenvalue weighted by molar-refractivity contribution is 7.44. The van der Waals surface area contributed by atoms with E-state index < -0.39 is 50.6 Å². The van der Waals surface area contributed by atoms with Gasteiger partial charge >= 0.3 is 12.1 Å². The molecule has 0 saturated carbocycles. The van der Waals surface area contributed by atoms with Crippen LogP contribution in [0.15, 0.2) is 21.9 Å². The van der Waals surface area contributed by atoms with E-state index in [1.807, 2.05) is 43.4 Å². The van der Waals surface area contributed by atoms with E-state index >= 15 is 0 Å². The van der Waals surface area contributed by atoms with Crippen molar-refractivity contribution in [1.82, 2.24) is 14.2 Å². The summed E-state index contributed by atoms with van der Waals surface area (Å²) in [7, 11) is -1.70. The lowest BCUT2D eigenvalue weighted by atomic mass is 10.1. The zero-order chi connectivity index (χ0) is 25.6. The zero-order valence-electron chi connectivity index (χ0n) is 19.2. The molecule has 1 aromatic rings. The summed E-state index contributed by atoms with van der Waals surface area (Å²) in [6.07, 6.45) is -8.36. The van der Waals surface area contributed by atoms with E-state index in [9.17, 15) is 22.8 Å². The normalized spacial score (nSPS) is 24.2. The Morgan fingerprint density at radius 2 is 1.94 bits per heavy atom. The third-order valence-electron chi connectivity index (χ3n) is 4.81. The van der Waals surface area contributed by atoms with Gasteiger partial charge in [0.15, 0.2) is 6.23 Å². The van der Waals surface area contributed by atoms with E-state index in [1.165, 1.54) is 0 Å². The van der Waals surface area contributed by atoms with Gasteiger partial charge in [-0.15, -0.1) is 13.2 Å². The van der Waals surface area contributed by atoms with Crippen molar-refractivity contribution in [3.63, 3.8) is 0 Å². The van der Waals surface area contributed by atoms with Crippen molar-refractivity contribution in [2.45, 2.75) is 77.0 Å². The number of ether oxygens (including phenoxy) is 2. The SMILES string of the molecule is CC(C)N(C(C)C)P(OCCC#N)OC[C@H]1O[C@@H](n2ccc(=O)[nH]c2=O)[C@H](OC(F)(F)F)[C@@H]1N. The average molecular weight is 511 g/mol. The first-order valence-electron chi connectivity index (χ1n) is 10.5. The molecule has 11 nitrogen and oxygen atoms in total. The van der Waals surface area contributed by atoms with Crippen molar-refractivity contribution >= 4 is 8.53 Å². The van der Waals surface area contributed by atoms with Crippen molar-refractivity contribution in [2.75, 3.05) is 13.2 Å². The van der Waals surface area contributed by atoms with Crippen LogP contribution in [0.3, 0.4) is 0 Å². The molecule has 1 fully saturated rings. The monoisotopic (exact) mass is 511 g/mol. The molecule has 34 heavy (non-hydrogen) atoms. The zero-order valence-corrected chi connectivity index (χ0v) is 20.1. The Bertz CT molecular complexity index is 942. The molecule has 1 aliphatic heterocycles. The molecule has 1 unspecified atom stereocenters. The molecule has 0 aromatic carbocycles. The van der Waals surface area contributed by atoms with E-state index in [1.54, 1.807) is 0 Å². The number of H-pyrrole nitrogens is 1. The summed E-state index contributed by atoms with van der Waals surface area (Å²) in [6.45, 7) is 7.55. The molecule has 1 aliphatic rings. The van der Waals surface area contributed by atoms with Crippen LogP contribution in [-0.4, -0.2) is 64.1 Å². The van der Waals surface area contributed by atoms with Crippen LogP contribution in [0, 0.1) is 11.3 Å². The molecule has 0 aliphatic carbocycles. The van der Waals surface area contributed by atoms with Crippen molar-refractivity contribution in [1.29, 1.82) is 5.26 Å². The molecule has 1 saturated heterocycles. The number of nitrogens with two attached hydrogens (primary N) is 1. The van der Waals surface area contributed by atoms with Crippen LogP contribution < -0.4 is 17.0 Å². The topological polar surface area (TPSA) is 145 Å². The van der Waals surface area contributed by atoms with Gasteiger partial charge in [0.1, 0.15) is 12.2 Å². The predicted octanol–water partition coefficient (Wildman–Crippen LogP) is 1.96. The highest BCUT2D eigenvalue weighted by Gasteiger charge is 2.50. The number of aromatic nitrogens is 2. The van der Waals surface area contributed by atoms with E-state index in [-0.39, 0.29) is 31.7 Å². The van der Waals surface area contributed by atoms with Crippen molar-refractivity contribution in [3.05, 3.63) is 33.1 Å². The van der Waals surface area contributed by atoms with Crippen LogP contribution in [0.2, 0.25) is 0 Å². The minimum Gasteiger partial charge on any atom is -0.348 e. The van der Waals surface area contributed by atoms with Gasteiger partial charge in [0.2, 0.25) is 0 Å². The highest BCUT2D eigenvalue weighted by Crippen LogP contribution is 2.47. The van der Waals surface area contributed by atoms with Crippen molar-refractivity contribution in [2.24, 2.45) is 5.73 Å². The summed E-state index contributed by atoms with van der Waals surface area (Å²) < 4.78 is 63.4. The number of nitrogens with one attached hydrogen (secondary N) is 1. The summed E-state index contributed by atoms with van der Waals surface area (Å²) in [5.74, 6) is 0. The van der Waals surface area contributed by atoms with E-state index in [4.69, 9.17) is 24.8 Å². The first-order valence-corrected chi connectivity index (χ1v) is 11.7. The lowest BCUT2D eigenvalue weighted by Crippen LogP contribution is -2.46. The van der Waals surface area contributed by atoms with Crippen LogP contribution >= 0.6 is 8.53 Å². The fourth-order valence-corrected chi connectivity index (χ4v) is 5.11. The third kappa shape index (κ3) is 7.58. The van der Waals surface area contributed by atoms with E-state index in [0.717, 1.165) is 16.8 Å². The Morgan fingerprint density at radius 3 is 2.47 bits per heavy atom. The molecule has 2 heterocycles. The molecule has 192 valence electrons. The minimum absolute atomic E-state index is 0.000136. The molecule has 3 N–H and O–H groups in total. The van der Waals surface area contributed by atoms with Gasteiger partial charge < -0.3 is 19.5 Å². The second-order valence-electron chi connectivity index (χ2n) is 8.03. The maximum absolute atomic E-state index is 13.1. The number of hydrogen-bond donors (Lipinski definition) is 2. The molecule has 0 bridgehead atoms. The Balaban J connectivity index is 2.26. The number of hydrogen-bond acceptors (Lipinski definition) is 9. The highest BCUT2D eigenvalue weighted by atomic mass is 31.2. The van der Waals surface area contributed by atoms with Crippen LogP contribution in [-0.2, 0) is 18.5 Å². The van der Waals surface area contributed by atoms with Crippen LogP contribution in [0.1, 0.15) is 40.3 Å². The summed E-state index contributed by atoms with van der Waals surface area (Å²) in [6, 6.07) is 1.61. The fourth-order valence-electron chi connectivity index (χ4n) is 3.49. The van der Waals surface area contributed by atoms with Crippen LogP contribution in [0.25, 0.3) is 0 Å². The molecule has 15 heteroatoms. The number of rotatable bonds is 11. The number of nitriles is 1. The molecule has 0 radical (unpaired) electrons. The third-order valence-corrected chi connectivity index (χ3v) is 6.88. The molecular weight excluding hydrogens is 482 g/mol.